The Kier molecular flexibility index (Phi) is 6.47. The number of rotatable bonds is 7. The van der Waals surface area contributed by atoms with Crippen LogP contribution in [-0.4, -0.2) is 33.4 Å². The molecule has 2 aromatic heterocycles. The van der Waals surface area contributed by atoms with E-state index in [1.807, 2.05) is 12.1 Å². The first kappa shape index (κ1) is 19.9. The minimum Gasteiger partial charge on any atom is -0.462 e. The smallest absolute Gasteiger partial charge is 0.338 e. The number of nitrogens with one attached hydrogen (secondary N) is 2. The molecule has 2 N–H and O–H groups in total. The normalized spacial score (nSPS) is 10.3. The first-order valence-electron chi connectivity index (χ1n) is 9.12. The Morgan fingerprint density at radius 2 is 1.76 bits per heavy atom. The highest BCUT2D eigenvalue weighted by Gasteiger charge is 2.11. The fraction of sp³-hybridized carbons (Fsp3) is 0.190. The molecule has 0 radical (unpaired) electrons. The molecule has 29 heavy (non-hydrogen) atoms. The van der Waals surface area contributed by atoms with Crippen LogP contribution in [0.2, 0.25) is 0 Å². The maximum absolute atomic E-state index is 12.5. The number of hydrogen-bond acceptors (Lipinski definition) is 7. The quantitative estimate of drug-likeness (QED) is 0.596. The topological polar surface area (TPSA) is 106 Å². The summed E-state index contributed by atoms with van der Waals surface area (Å²) < 4.78 is 4.97. The maximum Gasteiger partial charge on any atom is 0.338 e. The van der Waals surface area contributed by atoms with Gasteiger partial charge in [-0.1, -0.05) is 0 Å². The van der Waals surface area contributed by atoms with Crippen molar-refractivity contribution in [1.82, 2.24) is 20.3 Å². The van der Waals surface area contributed by atoms with Crippen LogP contribution in [0.5, 0.6) is 0 Å². The van der Waals surface area contributed by atoms with E-state index in [0.717, 1.165) is 5.56 Å². The van der Waals surface area contributed by atoms with Gasteiger partial charge in [0, 0.05) is 30.3 Å². The van der Waals surface area contributed by atoms with Crippen LogP contribution in [-0.2, 0) is 11.3 Å². The van der Waals surface area contributed by atoms with E-state index in [1.54, 1.807) is 56.6 Å². The number of pyridine rings is 1. The monoisotopic (exact) mass is 391 g/mol. The van der Waals surface area contributed by atoms with Crippen molar-refractivity contribution < 1.29 is 14.3 Å². The third-order valence-electron chi connectivity index (χ3n) is 3.94. The molecule has 0 atom stereocenters. The van der Waals surface area contributed by atoms with Crippen molar-refractivity contribution >= 4 is 23.5 Å². The van der Waals surface area contributed by atoms with Gasteiger partial charge in [0.05, 0.1) is 12.2 Å². The van der Waals surface area contributed by atoms with Crippen LogP contribution >= 0.6 is 0 Å². The van der Waals surface area contributed by atoms with Gasteiger partial charge in [-0.15, -0.1) is 0 Å². The predicted octanol–water partition coefficient (Wildman–Crippen LogP) is 3.03. The lowest BCUT2D eigenvalue weighted by Gasteiger charge is -2.09. The zero-order valence-corrected chi connectivity index (χ0v) is 16.2. The van der Waals surface area contributed by atoms with Gasteiger partial charge in [0.2, 0.25) is 5.95 Å². The van der Waals surface area contributed by atoms with Gasteiger partial charge in [-0.3, -0.25) is 9.78 Å². The summed E-state index contributed by atoms with van der Waals surface area (Å²) >= 11 is 0. The van der Waals surface area contributed by atoms with Crippen molar-refractivity contribution in [2.24, 2.45) is 0 Å². The molecule has 0 aliphatic carbocycles. The zero-order valence-electron chi connectivity index (χ0n) is 16.2. The molecule has 0 saturated heterocycles. The number of anilines is 2. The van der Waals surface area contributed by atoms with Gasteiger partial charge in [-0.2, -0.15) is 0 Å². The molecule has 0 aliphatic heterocycles. The first-order chi connectivity index (χ1) is 14.0. The molecule has 148 valence electrons. The maximum atomic E-state index is 12.5. The molecule has 3 aromatic rings. The van der Waals surface area contributed by atoms with Crippen molar-refractivity contribution in [2.45, 2.75) is 20.4 Å². The summed E-state index contributed by atoms with van der Waals surface area (Å²) in [5.41, 5.74) is 3.00. The van der Waals surface area contributed by atoms with Crippen LogP contribution in [0.4, 0.5) is 11.6 Å². The molecule has 2 heterocycles. The summed E-state index contributed by atoms with van der Waals surface area (Å²) in [6.45, 7) is 4.24. The van der Waals surface area contributed by atoms with E-state index in [4.69, 9.17) is 4.74 Å². The molecule has 1 amide bonds. The number of carbonyl (C=O) groups excluding carboxylic acids is 2. The van der Waals surface area contributed by atoms with E-state index in [0.29, 0.717) is 36.0 Å². The van der Waals surface area contributed by atoms with Gasteiger partial charge in [-0.25, -0.2) is 14.8 Å². The van der Waals surface area contributed by atoms with E-state index >= 15 is 0 Å². The number of aromatic nitrogens is 3. The van der Waals surface area contributed by atoms with Gasteiger partial charge < -0.3 is 15.4 Å². The van der Waals surface area contributed by atoms with Crippen molar-refractivity contribution in [2.75, 3.05) is 11.9 Å². The first-order valence-corrected chi connectivity index (χ1v) is 9.12. The number of ether oxygens (including phenoxy) is 1. The summed E-state index contributed by atoms with van der Waals surface area (Å²) in [4.78, 5) is 36.7. The SMILES string of the molecule is CCOC(=O)c1ccc(Nc2nc(C)cc(C(=O)NCc3ccncc3)n2)cc1. The summed E-state index contributed by atoms with van der Waals surface area (Å²) in [5.74, 6) is -0.380. The van der Waals surface area contributed by atoms with Gasteiger partial charge in [-0.05, 0) is 61.9 Å². The highest BCUT2D eigenvalue weighted by atomic mass is 16.5. The lowest BCUT2D eigenvalue weighted by molar-refractivity contribution is 0.0526. The minimum absolute atomic E-state index is 0.261. The van der Waals surface area contributed by atoms with Gasteiger partial charge >= 0.3 is 5.97 Å². The lowest BCUT2D eigenvalue weighted by Crippen LogP contribution is -2.24. The van der Waals surface area contributed by atoms with Crippen molar-refractivity contribution in [1.29, 1.82) is 0 Å². The van der Waals surface area contributed by atoms with Gasteiger partial charge in [0.25, 0.3) is 5.91 Å². The fourth-order valence-corrected chi connectivity index (χ4v) is 2.55. The van der Waals surface area contributed by atoms with Crippen LogP contribution in [0.3, 0.4) is 0 Å². The molecule has 0 saturated carbocycles. The third kappa shape index (κ3) is 5.58. The molecule has 0 bridgehead atoms. The number of esters is 1. The van der Waals surface area contributed by atoms with E-state index in [-0.39, 0.29) is 17.6 Å². The third-order valence-corrected chi connectivity index (χ3v) is 3.94. The second-order valence-corrected chi connectivity index (χ2v) is 6.18. The van der Waals surface area contributed by atoms with Crippen LogP contribution in [0.1, 0.15) is 39.0 Å². The Morgan fingerprint density at radius 1 is 1.03 bits per heavy atom. The van der Waals surface area contributed by atoms with E-state index in [1.165, 1.54) is 0 Å². The zero-order chi connectivity index (χ0) is 20.6. The molecule has 1 aromatic carbocycles. The Balaban J connectivity index is 1.68. The largest absolute Gasteiger partial charge is 0.462 e. The van der Waals surface area contributed by atoms with Crippen LogP contribution < -0.4 is 10.6 Å². The predicted molar refractivity (Wildman–Crippen MR) is 108 cm³/mol. The summed E-state index contributed by atoms with van der Waals surface area (Å²) in [6, 6.07) is 12.0. The molecular weight excluding hydrogens is 370 g/mol. The summed E-state index contributed by atoms with van der Waals surface area (Å²) in [6.07, 6.45) is 3.34. The Hall–Kier alpha value is -3.81. The van der Waals surface area contributed by atoms with E-state index < -0.39 is 0 Å². The average Bonchev–Trinajstić information content (AvgIpc) is 2.73. The van der Waals surface area contributed by atoms with Crippen molar-refractivity contribution in [3.63, 3.8) is 0 Å². The number of aryl methyl sites for hydroxylation is 1. The summed E-state index contributed by atoms with van der Waals surface area (Å²) in [7, 11) is 0. The van der Waals surface area contributed by atoms with E-state index in [2.05, 4.69) is 25.6 Å². The molecule has 8 nitrogen and oxygen atoms in total. The van der Waals surface area contributed by atoms with Crippen LogP contribution in [0.15, 0.2) is 54.9 Å². The van der Waals surface area contributed by atoms with Crippen LogP contribution in [0, 0.1) is 6.92 Å². The molecule has 0 unspecified atom stereocenters. The summed E-state index contributed by atoms with van der Waals surface area (Å²) in [5, 5.41) is 5.88. The minimum atomic E-state index is -0.376. The highest BCUT2D eigenvalue weighted by molar-refractivity contribution is 5.92. The van der Waals surface area contributed by atoms with Crippen molar-refractivity contribution in [3.8, 4) is 0 Å². The standard InChI is InChI=1S/C21H21N5O3/c1-3-29-20(28)16-4-6-17(7-5-16)25-21-24-14(2)12-18(26-21)19(27)23-13-15-8-10-22-11-9-15/h4-12H,3,13H2,1-2H3,(H,23,27)(H,24,25,26). The average molecular weight is 391 g/mol. The number of hydrogen-bond donors (Lipinski definition) is 2. The lowest BCUT2D eigenvalue weighted by atomic mass is 10.2. The number of benzene rings is 1. The molecule has 0 spiro atoms. The Labute approximate surface area is 168 Å². The number of nitrogens with zero attached hydrogens (tertiary/aromatic N) is 3. The van der Waals surface area contributed by atoms with E-state index in [9.17, 15) is 9.59 Å². The van der Waals surface area contributed by atoms with Crippen LogP contribution in [0.25, 0.3) is 0 Å². The van der Waals surface area contributed by atoms with Crippen molar-refractivity contribution in [3.05, 3.63) is 77.4 Å². The highest BCUT2D eigenvalue weighted by Crippen LogP contribution is 2.16. The molecule has 0 aliphatic rings. The van der Waals surface area contributed by atoms with Gasteiger partial charge in [0.15, 0.2) is 0 Å². The molecule has 0 fully saturated rings. The molecule has 8 heteroatoms. The van der Waals surface area contributed by atoms with Gasteiger partial charge in [0.1, 0.15) is 5.69 Å². The molecular formula is C21H21N5O3. The second kappa shape index (κ2) is 9.41. The fourth-order valence-electron chi connectivity index (χ4n) is 2.55. The number of carbonyl (C=O) groups is 2. The second-order valence-electron chi connectivity index (χ2n) is 6.18. The molecule has 3 rings (SSSR count). The Bertz CT molecular complexity index is 991. The number of amides is 1. The Morgan fingerprint density at radius 3 is 2.45 bits per heavy atom.